The van der Waals surface area contributed by atoms with E-state index in [1.54, 1.807) is 24.5 Å². The fourth-order valence-electron chi connectivity index (χ4n) is 1.26. The molecule has 0 bridgehead atoms. The van der Waals surface area contributed by atoms with E-state index in [4.69, 9.17) is 0 Å². The third kappa shape index (κ3) is 2.13. The molecule has 0 spiro atoms. The fraction of sp³-hybridized carbons (Fsp3) is 0. The van der Waals surface area contributed by atoms with Gasteiger partial charge in [-0.2, -0.15) is 4.99 Å². The van der Waals surface area contributed by atoms with Gasteiger partial charge in [0.05, 0.1) is 5.69 Å². The summed E-state index contributed by atoms with van der Waals surface area (Å²) in [6, 6.07) is 7.24. The number of rotatable bonds is 2. The smallest absolute Gasteiger partial charge is 0.240 e. The van der Waals surface area contributed by atoms with Crippen molar-refractivity contribution in [3.8, 4) is 11.1 Å². The third-order valence-electron chi connectivity index (χ3n) is 1.91. The first kappa shape index (κ1) is 9.24. The minimum atomic E-state index is 0.575. The Hall–Kier alpha value is -2.32. The van der Waals surface area contributed by atoms with Crippen molar-refractivity contribution in [2.24, 2.45) is 4.99 Å². The molecule has 0 N–H and O–H groups in total. The summed E-state index contributed by atoms with van der Waals surface area (Å²) in [7, 11) is 0. The number of nitrogens with zero attached hydrogens (tertiary/aromatic N) is 3. The number of hydrogen-bond donors (Lipinski definition) is 0. The van der Waals surface area contributed by atoms with Crippen molar-refractivity contribution in [2.45, 2.75) is 0 Å². The second kappa shape index (κ2) is 4.26. The van der Waals surface area contributed by atoms with Gasteiger partial charge in [0.2, 0.25) is 6.08 Å². The number of isocyanates is 1. The normalized spacial score (nSPS) is 9.33. The van der Waals surface area contributed by atoms with Gasteiger partial charge in [-0.05, 0) is 17.7 Å². The van der Waals surface area contributed by atoms with Gasteiger partial charge in [0.15, 0.2) is 0 Å². The Morgan fingerprint density at radius 2 is 1.93 bits per heavy atom. The molecule has 1 aromatic heterocycles. The van der Waals surface area contributed by atoms with Crippen LogP contribution in [0.1, 0.15) is 0 Å². The van der Waals surface area contributed by atoms with E-state index in [1.807, 2.05) is 12.1 Å². The zero-order chi connectivity index (χ0) is 10.5. The Balaban J connectivity index is 2.46. The van der Waals surface area contributed by atoms with Gasteiger partial charge in [-0.15, -0.1) is 0 Å². The maximum Gasteiger partial charge on any atom is 0.240 e. The molecule has 2 aromatic rings. The first-order chi connectivity index (χ1) is 7.40. The van der Waals surface area contributed by atoms with Crippen LogP contribution in [0.25, 0.3) is 11.1 Å². The van der Waals surface area contributed by atoms with Crippen LogP contribution < -0.4 is 0 Å². The van der Waals surface area contributed by atoms with Crippen LogP contribution in [-0.4, -0.2) is 16.0 Å². The molecule has 0 unspecified atom stereocenters. The monoisotopic (exact) mass is 197 g/mol. The largest absolute Gasteiger partial charge is 0.244 e. The molecule has 0 radical (unpaired) electrons. The first-order valence-corrected chi connectivity index (χ1v) is 4.33. The van der Waals surface area contributed by atoms with Crippen LogP contribution >= 0.6 is 0 Å². The Morgan fingerprint density at radius 3 is 2.67 bits per heavy atom. The minimum absolute atomic E-state index is 0.575. The summed E-state index contributed by atoms with van der Waals surface area (Å²) in [5, 5.41) is 0. The molecule has 0 saturated heterocycles. The van der Waals surface area contributed by atoms with Gasteiger partial charge in [0.25, 0.3) is 0 Å². The Bertz CT molecular complexity index is 504. The lowest BCUT2D eigenvalue weighted by Crippen LogP contribution is -1.81. The number of aromatic nitrogens is 2. The molecule has 0 fully saturated rings. The van der Waals surface area contributed by atoms with Crippen molar-refractivity contribution in [1.29, 1.82) is 0 Å². The van der Waals surface area contributed by atoms with Crippen LogP contribution in [-0.2, 0) is 4.79 Å². The van der Waals surface area contributed by atoms with Crippen molar-refractivity contribution >= 4 is 11.8 Å². The summed E-state index contributed by atoms with van der Waals surface area (Å²) in [4.78, 5) is 21.5. The van der Waals surface area contributed by atoms with Crippen LogP contribution in [0, 0.1) is 0 Å². The summed E-state index contributed by atoms with van der Waals surface area (Å²) in [6.45, 7) is 0. The van der Waals surface area contributed by atoms with Crippen LogP contribution in [0.4, 0.5) is 5.69 Å². The topological polar surface area (TPSA) is 55.2 Å². The van der Waals surface area contributed by atoms with Gasteiger partial charge >= 0.3 is 0 Å². The molecule has 4 nitrogen and oxygen atoms in total. The van der Waals surface area contributed by atoms with E-state index in [2.05, 4.69) is 15.0 Å². The molecule has 0 amide bonds. The molecular formula is C11H7N3O. The van der Waals surface area contributed by atoms with Gasteiger partial charge in [-0.1, -0.05) is 12.1 Å². The zero-order valence-electron chi connectivity index (χ0n) is 7.79. The van der Waals surface area contributed by atoms with Crippen molar-refractivity contribution in [3.63, 3.8) is 0 Å². The standard InChI is InChI=1S/C11H7N3O/c15-8-14-11-3-1-2-9(4-11)10-5-12-7-13-6-10/h1-7H. The average Bonchev–Trinajstić information content (AvgIpc) is 2.31. The van der Waals surface area contributed by atoms with E-state index in [0.29, 0.717) is 5.69 Å². The Morgan fingerprint density at radius 1 is 1.13 bits per heavy atom. The molecule has 1 aromatic carbocycles. The number of carbonyl (C=O) groups excluding carboxylic acids is 1. The average molecular weight is 197 g/mol. The van der Waals surface area contributed by atoms with E-state index in [1.165, 1.54) is 12.4 Å². The summed E-state index contributed by atoms with van der Waals surface area (Å²) < 4.78 is 0. The van der Waals surface area contributed by atoms with E-state index >= 15 is 0 Å². The van der Waals surface area contributed by atoms with E-state index in [9.17, 15) is 4.79 Å². The van der Waals surface area contributed by atoms with Crippen LogP contribution in [0.5, 0.6) is 0 Å². The molecule has 0 saturated carbocycles. The van der Waals surface area contributed by atoms with Gasteiger partial charge in [0, 0.05) is 18.0 Å². The van der Waals surface area contributed by atoms with Crippen molar-refractivity contribution in [2.75, 3.05) is 0 Å². The number of hydrogen-bond acceptors (Lipinski definition) is 4. The highest BCUT2D eigenvalue weighted by Crippen LogP contribution is 2.22. The quantitative estimate of drug-likeness (QED) is 0.547. The molecule has 72 valence electrons. The zero-order valence-corrected chi connectivity index (χ0v) is 7.79. The highest BCUT2D eigenvalue weighted by Gasteiger charge is 1.98. The number of aliphatic imine (C=N–C) groups is 1. The lowest BCUT2D eigenvalue weighted by molar-refractivity contribution is 0.565. The van der Waals surface area contributed by atoms with E-state index in [0.717, 1.165) is 11.1 Å². The molecule has 0 aliphatic heterocycles. The second-order valence-corrected chi connectivity index (χ2v) is 2.88. The van der Waals surface area contributed by atoms with Crippen molar-refractivity contribution < 1.29 is 4.79 Å². The Kier molecular flexibility index (Phi) is 2.63. The summed E-state index contributed by atoms with van der Waals surface area (Å²) in [5.74, 6) is 0. The highest BCUT2D eigenvalue weighted by molar-refractivity contribution is 5.66. The first-order valence-electron chi connectivity index (χ1n) is 4.33. The molecule has 1 heterocycles. The lowest BCUT2D eigenvalue weighted by atomic mass is 10.1. The molecule has 0 aliphatic rings. The molecule has 4 heteroatoms. The maximum absolute atomic E-state index is 10.1. The van der Waals surface area contributed by atoms with E-state index < -0.39 is 0 Å². The summed E-state index contributed by atoms with van der Waals surface area (Å²) in [6.07, 6.45) is 6.39. The van der Waals surface area contributed by atoms with Gasteiger partial charge < -0.3 is 0 Å². The van der Waals surface area contributed by atoms with Crippen LogP contribution in [0.15, 0.2) is 48.0 Å². The molecule has 15 heavy (non-hydrogen) atoms. The fourth-order valence-corrected chi connectivity index (χ4v) is 1.26. The summed E-state index contributed by atoms with van der Waals surface area (Å²) >= 11 is 0. The highest BCUT2D eigenvalue weighted by atomic mass is 16.1. The summed E-state index contributed by atoms with van der Waals surface area (Å²) in [5.41, 5.74) is 2.39. The predicted octanol–water partition coefficient (Wildman–Crippen LogP) is 2.11. The van der Waals surface area contributed by atoms with Crippen LogP contribution in [0.2, 0.25) is 0 Å². The number of benzene rings is 1. The minimum Gasteiger partial charge on any atom is -0.244 e. The molecule has 0 atom stereocenters. The molecule has 2 rings (SSSR count). The second-order valence-electron chi connectivity index (χ2n) is 2.88. The third-order valence-corrected chi connectivity index (χ3v) is 1.91. The van der Waals surface area contributed by atoms with Gasteiger partial charge in [-0.3, -0.25) is 0 Å². The van der Waals surface area contributed by atoms with Crippen molar-refractivity contribution in [3.05, 3.63) is 43.0 Å². The van der Waals surface area contributed by atoms with Crippen molar-refractivity contribution in [1.82, 2.24) is 9.97 Å². The van der Waals surface area contributed by atoms with E-state index in [-0.39, 0.29) is 0 Å². The molecular weight excluding hydrogens is 190 g/mol. The Labute approximate surface area is 86.3 Å². The SMILES string of the molecule is O=C=Nc1cccc(-c2cncnc2)c1. The molecule has 0 aliphatic carbocycles. The van der Waals surface area contributed by atoms with Crippen LogP contribution in [0.3, 0.4) is 0 Å². The lowest BCUT2D eigenvalue weighted by Gasteiger charge is -1.99. The maximum atomic E-state index is 10.1. The van der Waals surface area contributed by atoms with Gasteiger partial charge in [0.1, 0.15) is 6.33 Å². The predicted molar refractivity (Wildman–Crippen MR) is 55.2 cm³/mol. The van der Waals surface area contributed by atoms with Gasteiger partial charge in [-0.25, -0.2) is 14.8 Å².